The predicted molar refractivity (Wildman–Crippen MR) is 65.9 cm³/mol. The van der Waals surface area contributed by atoms with Crippen molar-refractivity contribution in [2.75, 3.05) is 0 Å². The van der Waals surface area contributed by atoms with Gasteiger partial charge in [-0.3, -0.25) is 4.79 Å². The van der Waals surface area contributed by atoms with Crippen LogP contribution in [-0.4, -0.2) is 10.9 Å². The first-order valence-corrected chi connectivity index (χ1v) is 6.04. The maximum atomic E-state index is 12.0. The highest BCUT2D eigenvalue weighted by atomic mass is 35.5. The summed E-state index contributed by atoms with van der Waals surface area (Å²) in [5.74, 6) is -0.428. The van der Waals surface area contributed by atoms with E-state index in [-0.39, 0.29) is 17.1 Å². The molecule has 82 valence electrons. The monoisotopic (exact) mass is 272 g/mol. The van der Waals surface area contributed by atoms with Gasteiger partial charge in [-0.15, -0.1) is 0 Å². The van der Waals surface area contributed by atoms with Crippen molar-refractivity contribution in [3.63, 3.8) is 0 Å². The number of ketones is 1. The Bertz CT molecular complexity index is 549. The van der Waals surface area contributed by atoms with Crippen LogP contribution in [0.5, 0.6) is 5.75 Å². The van der Waals surface area contributed by atoms with Gasteiger partial charge in [-0.05, 0) is 18.2 Å². The van der Waals surface area contributed by atoms with Gasteiger partial charge in [0.15, 0.2) is 5.78 Å². The van der Waals surface area contributed by atoms with Crippen LogP contribution in [0.4, 0.5) is 0 Å². The molecule has 2 rings (SSSR count). The summed E-state index contributed by atoms with van der Waals surface area (Å²) < 4.78 is 0. The molecule has 1 N–H and O–H groups in total. The molecule has 0 atom stereocenters. The number of hydrogen-bond acceptors (Lipinski definition) is 3. The third kappa shape index (κ3) is 2.07. The van der Waals surface area contributed by atoms with Crippen molar-refractivity contribution in [2.45, 2.75) is 0 Å². The highest BCUT2D eigenvalue weighted by Gasteiger charge is 2.17. The van der Waals surface area contributed by atoms with Crippen LogP contribution in [0.15, 0.2) is 29.0 Å². The van der Waals surface area contributed by atoms with Crippen molar-refractivity contribution < 1.29 is 9.90 Å². The molecule has 0 fully saturated rings. The maximum absolute atomic E-state index is 12.0. The van der Waals surface area contributed by atoms with Gasteiger partial charge >= 0.3 is 0 Å². The Morgan fingerprint density at radius 3 is 2.56 bits per heavy atom. The molecule has 1 heterocycles. The van der Waals surface area contributed by atoms with Gasteiger partial charge in [-0.1, -0.05) is 23.2 Å². The van der Waals surface area contributed by atoms with Crippen LogP contribution in [0, 0.1) is 0 Å². The average molecular weight is 273 g/mol. The SMILES string of the molecule is O=C(c1cc(Cl)ccc1O)c1cscc1Cl. The summed E-state index contributed by atoms with van der Waals surface area (Å²) in [5, 5.41) is 13.7. The van der Waals surface area contributed by atoms with Gasteiger partial charge in [0.05, 0.1) is 16.1 Å². The molecule has 5 heteroatoms. The minimum atomic E-state index is -0.328. The minimum Gasteiger partial charge on any atom is -0.507 e. The van der Waals surface area contributed by atoms with Gasteiger partial charge in [0, 0.05) is 15.8 Å². The summed E-state index contributed by atoms with van der Waals surface area (Å²) in [4.78, 5) is 12.0. The molecule has 0 spiro atoms. The Balaban J connectivity index is 2.49. The lowest BCUT2D eigenvalue weighted by atomic mass is 10.1. The average Bonchev–Trinajstić information content (AvgIpc) is 2.67. The highest BCUT2D eigenvalue weighted by molar-refractivity contribution is 7.08. The van der Waals surface area contributed by atoms with Crippen molar-refractivity contribution in [1.29, 1.82) is 0 Å². The summed E-state index contributed by atoms with van der Waals surface area (Å²) >= 11 is 13.0. The van der Waals surface area contributed by atoms with Crippen LogP contribution in [0.2, 0.25) is 10.0 Å². The Kier molecular flexibility index (Phi) is 3.19. The molecule has 0 bridgehead atoms. The van der Waals surface area contributed by atoms with E-state index in [9.17, 15) is 9.90 Å². The predicted octanol–water partition coefficient (Wildman–Crippen LogP) is 3.99. The quantitative estimate of drug-likeness (QED) is 0.840. The third-order valence-corrected chi connectivity index (χ3v) is 3.48. The van der Waals surface area contributed by atoms with Gasteiger partial charge in [0.2, 0.25) is 0 Å². The molecule has 0 saturated heterocycles. The van der Waals surface area contributed by atoms with E-state index in [0.29, 0.717) is 15.6 Å². The first-order valence-electron chi connectivity index (χ1n) is 4.34. The third-order valence-electron chi connectivity index (χ3n) is 2.06. The van der Waals surface area contributed by atoms with Crippen LogP contribution in [0.1, 0.15) is 15.9 Å². The number of aromatic hydroxyl groups is 1. The zero-order chi connectivity index (χ0) is 11.7. The number of halogens is 2. The summed E-state index contributed by atoms with van der Waals surface area (Å²) in [6.45, 7) is 0. The Hall–Kier alpha value is -1.03. The molecule has 16 heavy (non-hydrogen) atoms. The fraction of sp³-hybridized carbons (Fsp3) is 0. The second kappa shape index (κ2) is 4.45. The molecular formula is C11H6Cl2O2S. The molecule has 2 nitrogen and oxygen atoms in total. The lowest BCUT2D eigenvalue weighted by molar-refractivity contribution is 0.103. The lowest BCUT2D eigenvalue weighted by Crippen LogP contribution is -2.00. The zero-order valence-corrected chi connectivity index (χ0v) is 10.2. The molecule has 1 aromatic heterocycles. The Labute approximate surface area is 106 Å². The van der Waals surface area contributed by atoms with E-state index in [0.717, 1.165) is 0 Å². The number of phenolic OH excluding ortho intramolecular Hbond substituents is 1. The van der Waals surface area contributed by atoms with E-state index in [1.165, 1.54) is 29.5 Å². The minimum absolute atomic E-state index is 0.100. The summed E-state index contributed by atoms with van der Waals surface area (Å²) in [5.41, 5.74) is 0.539. The van der Waals surface area contributed by atoms with E-state index in [4.69, 9.17) is 23.2 Å². The fourth-order valence-electron chi connectivity index (χ4n) is 1.28. The highest BCUT2D eigenvalue weighted by Crippen LogP contribution is 2.28. The summed E-state index contributed by atoms with van der Waals surface area (Å²) in [6.07, 6.45) is 0. The normalized spacial score (nSPS) is 10.4. The fourth-order valence-corrected chi connectivity index (χ4v) is 2.49. The number of phenols is 1. The van der Waals surface area contributed by atoms with Crippen LogP contribution < -0.4 is 0 Å². The Morgan fingerprint density at radius 1 is 1.19 bits per heavy atom. The molecule has 0 aliphatic heterocycles. The second-order valence-corrected chi connectivity index (χ2v) is 4.71. The molecule has 0 unspecified atom stereocenters. The van der Waals surface area contributed by atoms with Crippen LogP contribution in [-0.2, 0) is 0 Å². The molecular weight excluding hydrogens is 267 g/mol. The number of thiophene rings is 1. The van der Waals surface area contributed by atoms with Gasteiger partial charge in [-0.25, -0.2) is 0 Å². The smallest absolute Gasteiger partial charge is 0.199 e. The molecule has 0 aliphatic rings. The Morgan fingerprint density at radius 2 is 1.94 bits per heavy atom. The van der Waals surface area contributed by atoms with Crippen LogP contribution in [0.3, 0.4) is 0 Å². The molecule has 0 radical (unpaired) electrons. The number of rotatable bonds is 2. The van der Waals surface area contributed by atoms with E-state index in [2.05, 4.69) is 0 Å². The largest absolute Gasteiger partial charge is 0.507 e. The van der Waals surface area contributed by atoms with Gasteiger partial charge in [0.1, 0.15) is 5.75 Å². The van der Waals surface area contributed by atoms with E-state index >= 15 is 0 Å². The first-order chi connectivity index (χ1) is 7.59. The molecule has 0 amide bonds. The zero-order valence-electron chi connectivity index (χ0n) is 7.91. The van der Waals surface area contributed by atoms with Crippen molar-refractivity contribution in [2.24, 2.45) is 0 Å². The molecule has 1 aromatic carbocycles. The first kappa shape index (κ1) is 11.5. The van der Waals surface area contributed by atoms with Crippen LogP contribution in [0.25, 0.3) is 0 Å². The van der Waals surface area contributed by atoms with Gasteiger partial charge in [0.25, 0.3) is 0 Å². The summed E-state index contributed by atoms with van der Waals surface area (Å²) in [6, 6.07) is 4.33. The van der Waals surface area contributed by atoms with Crippen LogP contribution >= 0.6 is 34.5 Å². The number of carbonyl (C=O) groups excluding carboxylic acids is 1. The van der Waals surface area contributed by atoms with Crippen molar-refractivity contribution >= 4 is 40.3 Å². The van der Waals surface area contributed by atoms with Crippen molar-refractivity contribution in [3.8, 4) is 5.75 Å². The molecule has 0 aliphatic carbocycles. The number of hydrogen-bond donors (Lipinski definition) is 1. The molecule has 2 aromatic rings. The van der Waals surface area contributed by atoms with Crippen molar-refractivity contribution in [3.05, 3.63) is 50.1 Å². The van der Waals surface area contributed by atoms with Crippen molar-refractivity contribution in [1.82, 2.24) is 0 Å². The second-order valence-electron chi connectivity index (χ2n) is 3.12. The summed E-state index contributed by atoms with van der Waals surface area (Å²) in [7, 11) is 0. The lowest BCUT2D eigenvalue weighted by Gasteiger charge is -2.03. The maximum Gasteiger partial charge on any atom is 0.199 e. The molecule has 0 saturated carbocycles. The topological polar surface area (TPSA) is 37.3 Å². The van der Waals surface area contributed by atoms with E-state index in [1.807, 2.05) is 0 Å². The standard InChI is InChI=1S/C11H6Cl2O2S/c12-6-1-2-10(14)7(3-6)11(15)8-4-16-5-9(8)13/h1-5,14H. The number of benzene rings is 1. The van der Waals surface area contributed by atoms with Gasteiger partial charge in [-0.2, -0.15) is 11.3 Å². The van der Waals surface area contributed by atoms with E-state index in [1.54, 1.807) is 10.8 Å². The van der Waals surface area contributed by atoms with E-state index < -0.39 is 0 Å². The van der Waals surface area contributed by atoms with Gasteiger partial charge < -0.3 is 5.11 Å². The number of carbonyl (C=O) groups is 1.